The van der Waals surface area contributed by atoms with E-state index in [0.29, 0.717) is 19.3 Å². The van der Waals surface area contributed by atoms with Crippen LogP contribution < -0.4 is 32.7 Å². The number of nitrogens with two attached hydrogens (primary N) is 2. The zero-order chi connectivity index (χ0) is 25.7. The van der Waals surface area contributed by atoms with Gasteiger partial charge in [0.15, 0.2) is 0 Å². The van der Waals surface area contributed by atoms with Crippen molar-refractivity contribution < 1.29 is 24.0 Å². The minimum atomic E-state index is -0.892. The Morgan fingerprint density at radius 2 is 1.12 bits per heavy atom. The summed E-state index contributed by atoms with van der Waals surface area (Å²) in [6, 6.07) is -2.44. The molecule has 0 aromatic heterocycles. The van der Waals surface area contributed by atoms with Gasteiger partial charge in [-0.2, -0.15) is 0 Å². The van der Waals surface area contributed by atoms with Gasteiger partial charge in [0.05, 0.1) is 19.1 Å². The number of hydrogen-bond donors (Lipinski definition) is 6. The highest BCUT2D eigenvalue weighted by molar-refractivity contribution is 5.93. The van der Waals surface area contributed by atoms with Gasteiger partial charge in [0.25, 0.3) is 0 Å². The number of carbonyl (C=O) groups is 5. The van der Waals surface area contributed by atoms with E-state index in [9.17, 15) is 24.0 Å². The Bertz CT molecular complexity index is 680. The fourth-order valence-electron chi connectivity index (χ4n) is 3.09. The summed E-state index contributed by atoms with van der Waals surface area (Å²) < 4.78 is 0. The SMILES string of the molecule is CC(C)C[C@H](NC(=O)[C@H](CC(C)C)NC(=O)CNC(=O)CNC(=O)[C@@H](N)CC(C)C)C(N)=O. The molecule has 0 aliphatic rings. The van der Waals surface area contributed by atoms with Gasteiger partial charge >= 0.3 is 0 Å². The first-order valence-corrected chi connectivity index (χ1v) is 11.4. The molecular weight excluding hydrogens is 428 g/mol. The highest BCUT2D eigenvalue weighted by Gasteiger charge is 2.27. The van der Waals surface area contributed by atoms with E-state index in [-0.39, 0.29) is 30.8 Å². The summed E-state index contributed by atoms with van der Waals surface area (Å²) in [4.78, 5) is 60.5. The van der Waals surface area contributed by atoms with Gasteiger partial charge in [-0.3, -0.25) is 24.0 Å². The minimum Gasteiger partial charge on any atom is -0.368 e. The van der Waals surface area contributed by atoms with Crippen molar-refractivity contribution in [3.8, 4) is 0 Å². The van der Waals surface area contributed by atoms with Crippen LogP contribution in [0, 0.1) is 17.8 Å². The number of nitrogens with one attached hydrogen (secondary N) is 4. The molecule has 33 heavy (non-hydrogen) atoms. The number of hydrogen-bond acceptors (Lipinski definition) is 6. The van der Waals surface area contributed by atoms with Gasteiger partial charge in [-0.25, -0.2) is 0 Å². The highest BCUT2D eigenvalue weighted by atomic mass is 16.2. The molecule has 0 fully saturated rings. The van der Waals surface area contributed by atoms with Crippen molar-refractivity contribution in [3.05, 3.63) is 0 Å². The average molecular weight is 471 g/mol. The van der Waals surface area contributed by atoms with Crippen molar-refractivity contribution in [1.29, 1.82) is 0 Å². The third-order valence-corrected chi connectivity index (χ3v) is 4.66. The Balaban J connectivity index is 4.74. The van der Waals surface area contributed by atoms with Crippen molar-refractivity contribution in [2.24, 2.45) is 29.2 Å². The molecule has 190 valence electrons. The number of amides is 5. The van der Waals surface area contributed by atoms with Gasteiger partial charge in [0, 0.05) is 0 Å². The summed E-state index contributed by atoms with van der Waals surface area (Å²) in [6.45, 7) is 10.8. The van der Waals surface area contributed by atoms with Crippen LogP contribution in [-0.4, -0.2) is 60.8 Å². The summed E-state index contributed by atoms with van der Waals surface area (Å²) in [6.07, 6.45) is 1.21. The maximum absolute atomic E-state index is 12.7. The monoisotopic (exact) mass is 470 g/mol. The molecule has 0 saturated heterocycles. The molecule has 0 aliphatic heterocycles. The Labute approximate surface area is 196 Å². The molecule has 3 atom stereocenters. The molecule has 11 nitrogen and oxygen atoms in total. The quantitative estimate of drug-likeness (QED) is 0.181. The maximum Gasteiger partial charge on any atom is 0.243 e. The number of primary amides is 1. The Kier molecular flexibility index (Phi) is 14.0. The molecule has 5 amide bonds. The Morgan fingerprint density at radius 1 is 0.636 bits per heavy atom. The molecule has 0 aromatic rings. The molecule has 0 rings (SSSR count). The molecule has 8 N–H and O–H groups in total. The van der Waals surface area contributed by atoms with E-state index >= 15 is 0 Å². The van der Waals surface area contributed by atoms with E-state index in [1.807, 2.05) is 41.5 Å². The van der Waals surface area contributed by atoms with Crippen LogP contribution in [0.3, 0.4) is 0 Å². The normalized spacial score (nSPS) is 13.9. The predicted octanol–water partition coefficient (Wildman–Crippen LogP) is -0.861. The lowest BCUT2D eigenvalue weighted by Crippen LogP contribution is -2.55. The van der Waals surface area contributed by atoms with Crippen molar-refractivity contribution >= 4 is 29.5 Å². The largest absolute Gasteiger partial charge is 0.368 e. The molecule has 0 saturated carbocycles. The van der Waals surface area contributed by atoms with E-state index in [1.54, 1.807) is 0 Å². The van der Waals surface area contributed by atoms with Crippen LogP contribution in [0.15, 0.2) is 0 Å². The molecular formula is C22H42N6O5. The summed E-state index contributed by atoms with van der Waals surface area (Å²) in [5, 5.41) is 10.0. The van der Waals surface area contributed by atoms with E-state index in [1.165, 1.54) is 0 Å². The molecule has 0 spiro atoms. The van der Waals surface area contributed by atoms with Gasteiger partial charge in [-0.1, -0.05) is 41.5 Å². The third kappa shape index (κ3) is 14.1. The molecule has 0 unspecified atom stereocenters. The lowest BCUT2D eigenvalue weighted by Gasteiger charge is -2.24. The van der Waals surface area contributed by atoms with E-state index in [4.69, 9.17) is 11.5 Å². The summed E-state index contributed by atoms with van der Waals surface area (Å²) in [5.41, 5.74) is 11.1. The average Bonchev–Trinajstić information content (AvgIpc) is 2.67. The Hall–Kier alpha value is -2.69. The molecule has 0 aromatic carbocycles. The minimum absolute atomic E-state index is 0.0815. The van der Waals surface area contributed by atoms with Crippen molar-refractivity contribution in [3.63, 3.8) is 0 Å². The summed E-state index contributed by atoms with van der Waals surface area (Å²) in [7, 11) is 0. The first-order valence-electron chi connectivity index (χ1n) is 11.4. The van der Waals surface area contributed by atoms with Crippen molar-refractivity contribution in [2.75, 3.05) is 13.1 Å². The highest BCUT2D eigenvalue weighted by Crippen LogP contribution is 2.08. The summed E-state index contributed by atoms with van der Waals surface area (Å²) >= 11 is 0. The third-order valence-electron chi connectivity index (χ3n) is 4.66. The molecule has 0 radical (unpaired) electrons. The molecule has 11 heteroatoms. The predicted molar refractivity (Wildman–Crippen MR) is 125 cm³/mol. The van der Waals surface area contributed by atoms with E-state index in [2.05, 4.69) is 21.3 Å². The molecule has 0 aliphatic carbocycles. The summed E-state index contributed by atoms with van der Waals surface area (Å²) in [5.74, 6) is -2.29. The smallest absolute Gasteiger partial charge is 0.243 e. The topological polar surface area (TPSA) is 186 Å². The van der Waals surface area contributed by atoms with E-state index in [0.717, 1.165) is 0 Å². The number of carbonyl (C=O) groups excluding carboxylic acids is 5. The van der Waals surface area contributed by atoms with Crippen LogP contribution in [0.4, 0.5) is 0 Å². The van der Waals surface area contributed by atoms with E-state index < -0.39 is 47.7 Å². The fourth-order valence-corrected chi connectivity index (χ4v) is 3.09. The lowest BCUT2D eigenvalue weighted by atomic mass is 10.0. The van der Waals surface area contributed by atoms with Gasteiger partial charge < -0.3 is 32.7 Å². The second-order valence-corrected chi connectivity index (χ2v) is 9.57. The van der Waals surface area contributed by atoms with Crippen molar-refractivity contribution in [2.45, 2.75) is 78.9 Å². The van der Waals surface area contributed by atoms with Gasteiger partial charge in [0.2, 0.25) is 29.5 Å². The second-order valence-electron chi connectivity index (χ2n) is 9.57. The van der Waals surface area contributed by atoms with Crippen LogP contribution in [-0.2, 0) is 24.0 Å². The fraction of sp³-hybridized carbons (Fsp3) is 0.773. The van der Waals surface area contributed by atoms with Crippen LogP contribution >= 0.6 is 0 Å². The molecule has 0 bridgehead atoms. The first-order chi connectivity index (χ1) is 15.2. The van der Waals surface area contributed by atoms with Crippen LogP contribution in [0.25, 0.3) is 0 Å². The van der Waals surface area contributed by atoms with Crippen molar-refractivity contribution in [1.82, 2.24) is 21.3 Å². The standard InChI is InChI=1S/C22H42N6O5/c1-12(2)7-15(23)21(32)26-10-18(29)25-11-19(30)27-17(9-14(5)6)22(33)28-16(20(24)31)8-13(3)4/h12-17H,7-11,23H2,1-6H3,(H2,24,31)(H,25,29)(H,26,32)(H,27,30)(H,28,33)/t15-,16-,17-/m0/s1. The molecule has 0 heterocycles. The van der Waals surface area contributed by atoms with Crippen LogP contribution in [0.2, 0.25) is 0 Å². The maximum atomic E-state index is 12.7. The second kappa shape index (κ2) is 15.2. The Morgan fingerprint density at radius 3 is 1.61 bits per heavy atom. The number of rotatable bonds is 15. The van der Waals surface area contributed by atoms with Crippen LogP contribution in [0.5, 0.6) is 0 Å². The van der Waals surface area contributed by atoms with Crippen LogP contribution in [0.1, 0.15) is 60.8 Å². The van der Waals surface area contributed by atoms with Gasteiger partial charge in [-0.05, 0) is 37.0 Å². The lowest BCUT2D eigenvalue weighted by molar-refractivity contribution is -0.132. The zero-order valence-electron chi connectivity index (χ0n) is 20.7. The zero-order valence-corrected chi connectivity index (χ0v) is 20.7. The van der Waals surface area contributed by atoms with Gasteiger partial charge in [0.1, 0.15) is 12.1 Å². The first kappa shape index (κ1) is 30.3. The van der Waals surface area contributed by atoms with Gasteiger partial charge in [-0.15, -0.1) is 0 Å².